The molecule has 4 nitrogen and oxygen atoms in total. The van der Waals surface area contributed by atoms with Crippen LogP contribution in [-0.2, 0) is 11.2 Å². The molecule has 0 amide bonds. The van der Waals surface area contributed by atoms with Crippen LogP contribution in [0.25, 0.3) is 0 Å². The van der Waals surface area contributed by atoms with E-state index < -0.39 is 11.9 Å². The van der Waals surface area contributed by atoms with Gasteiger partial charge in [-0.3, -0.25) is 4.79 Å². The second-order valence-corrected chi connectivity index (χ2v) is 6.38. The van der Waals surface area contributed by atoms with Crippen LogP contribution in [-0.4, -0.2) is 22.1 Å². The molecule has 19 heavy (non-hydrogen) atoms. The fourth-order valence-electron chi connectivity index (χ4n) is 2.51. The van der Waals surface area contributed by atoms with Gasteiger partial charge in [-0.25, -0.2) is 4.98 Å². The first-order valence-electron chi connectivity index (χ1n) is 7.10. The average molecular weight is 282 g/mol. The lowest BCUT2D eigenvalue weighted by molar-refractivity contribution is -0.138. The third kappa shape index (κ3) is 3.47. The number of carboxylic acid groups (broad SMARTS) is 1. The molecular weight excluding hydrogens is 260 g/mol. The van der Waals surface area contributed by atoms with Crippen LogP contribution in [0.3, 0.4) is 0 Å². The second-order valence-electron chi connectivity index (χ2n) is 5.30. The van der Waals surface area contributed by atoms with Crippen molar-refractivity contribution in [3.05, 3.63) is 10.6 Å². The third-order valence-electron chi connectivity index (χ3n) is 3.63. The van der Waals surface area contributed by atoms with Crippen LogP contribution in [0, 0.1) is 0 Å². The van der Waals surface area contributed by atoms with Crippen molar-refractivity contribution in [2.75, 3.05) is 5.32 Å². The molecule has 0 fully saturated rings. The number of carboxylic acids is 1. The summed E-state index contributed by atoms with van der Waals surface area (Å²) in [6, 6.07) is 0.404. The molecule has 106 valence electrons. The van der Waals surface area contributed by atoms with E-state index >= 15 is 0 Å². The van der Waals surface area contributed by atoms with E-state index in [4.69, 9.17) is 5.11 Å². The average Bonchev–Trinajstić information content (AvgIpc) is 2.88. The Morgan fingerprint density at radius 1 is 1.58 bits per heavy atom. The summed E-state index contributed by atoms with van der Waals surface area (Å²) in [5.74, 6) is -1.14. The van der Waals surface area contributed by atoms with Crippen LogP contribution in [0.4, 0.5) is 5.13 Å². The van der Waals surface area contributed by atoms with Gasteiger partial charge in [-0.05, 0) is 26.2 Å². The Kier molecular flexibility index (Phi) is 4.80. The van der Waals surface area contributed by atoms with Crippen LogP contribution in [0.2, 0.25) is 0 Å². The van der Waals surface area contributed by atoms with Gasteiger partial charge >= 0.3 is 5.97 Å². The largest absolute Gasteiger partial charge is 0.481 e. The Hall–Kier alpha value is -1.10. The summed E-state index contributed by atoms with van der Waals surface area (Å²) in [4.78, 5) is 16.8. The molecule has 0 saturated carbocycles. The number of aromatic nitrogens is 1. The van der Waals surface area contributed by atoms with Gasteiger partial charge in [0.2, 0.25) is 0 Å². The molecule has 1 aromatic heterocycles. The fraction of sp³-hybridized carbons (Fsp3) is 0.714. The second kappa shape index (κ2) is 6.37. The van der Waals surface area contributed by atoms with Gasteiger partial charge in [0.25, 0.3) is 0 Å². The molecule has 0 aliphatic heterocycles. The topological polar surface area (TPSA) is 62.2 Å². The van der Waals surface area contributed by atoms with Crippen molar-refractivity contribution in [3.8, 4) is 0 Å². The highest BCUT2D eigenvalue weighted by molar-refractivity contribution is 7.15. The third-order valence-corrected chi connectivity index (χ3v) is 4.69. The maximum Gasteiger partial charge on any atom is 0.312 e. The Labute approximate surface area is 118 Å². The van der Waals surface area contributed by atoms with E-state index in [0.717, 1.165) is 28.5 Å². The van der Waals surface area contributed by atoms with E-state index in [2.05, 4.69) is 24.1 Å². The number of nitrogens with zero attached hydrogens (tertiary/aromatic N) is 1. The van der Waals surface area contributed by atoms with E-state index in [1.54, 1.807) is 11.3 Å². The van der Waals surface area contributed by atoms with Crippen molar-refractivity contribution >= 4 is 22.4 Å². The van der Waals surface area contributed by atoms with Crippen LogP contribution in [0.5, 0.6) is 0 Å². The van der Waals surface area contributed by atoms with Crippen LogP contribution in [0.1, 0.15) is 62.4 Å². The lowest BCUT2D eigenvalue weighted by Gasteiger charge is -2.12. The minimum atomic E-state index is -0.744. The van der Waals surface area contributed by atoms with Gasteiger partial charge in [0.05, 0.1) is 5.69 Å². The predicted molar refractivity (Wildman–Crippen MR) is 78.0 cm³/mol. The van der Waals surface area contributed by atoms with Crippen LogP contribution >= 0.6 is 11.3 Å². The van der Waals surface area contributed by atoms with Gasteiger partial charge in [-0.15, -0.1) is 11.3 Å². The van der Waals surface area contributed by atoms with Gasteiger partial charge in [0.15, 0.2) is 5.13 Å². The predicted octanol–water partition coefficient (Wildman–Crippen LogP) is 3.64. The lowest BCUT2D eigenvalue weighted by Crippen LogP contribution is -2.15. The number of aliphatic carboxylic acids is 1. The number of carbonyl (C=O) groups is 1. The summed E-state index contributed by atoms with van der Waals surface area (Å²) in [7, 11) is 0. The van der Waals surface area contributed by atoms with Crippen LogP contribution in [0.15, 0.2) is 0 Å². The zero-order chi connectivity index (χ0) is 13.8. The summed E-state index contributed by atoms with van der Waals surface area (Å²) in [6.07, 6.45) is 6.43. The van der Waals surface area contributed by atoms with E-state index in [-0.39, 0.29) is 0 Å². The number of hydrogen-bond donors (Lipinski definition) is 2. The minimum absolute atomic E-state index is 0.391. The number of hydrogen-bond acceptors (Lipinski definition) is 4. The van der Waals surface area contributed by atoms with Gasteiger partial charge in [-0.2, -0.15) is 0 Å². The summed E-state index contributed by atoms with van der Waals surface area (Å²) in [6.45, 7) is 4.37. The van der Waals surface area contributed by atoms with Crippen LogP contribution < -0.4 is 5.32 Å². The number of fused-ring (bicyclic) bond motifs is 1. The van der Waals surface area contributed by atoms with Crippen molar-refractivity contribution in [2.24, 2.45) is 0 Å². The number of anilines is 1. The number of thiazole rings is 1. The Bertz CT molecular complexity index is 445. The SMILES string of the molecule is CCCCCC(C)Nc1nc2c(s1)CCC2C(=O)O. The summed E-state index contributed by atoms with van der Waals surface area (Å²) in [5.41, 5.74) is 0.792. The van der Waals surface area contributed by atoms with Crippen molar-refractivity contribution in [3.63, 3.8) is 0 Å². The lowest BCUT2D eigenvalue weighted by atomic mass is 10.1. The number of nitrogens with one attached hydrogen (secondary N) is 1. The Morgan fingerprint density at radius 3 is 3.05 bits per heavy atom. The number of unbranched alkanes of at least 4 members (excludes halogenated alkanes) is 2. The summed E-state index contributed by atoms with van der Waals surface area (Å²) < 4.78 is 0. The first kappa shape index (κ1) is 14.3. The maximum absolute atomic E-state index is 11.1. The molecule has 1 aliphatic rings. The molecule has 2 unspecified atom stereocenters. The van der Waals surface area contributed by atoms with Crippen molar-refractivity contribution in [1.29, 1.82) is 0 Å². The molecule has 0 radical (unpaired) electrons. The zero-order valence-electron chi connectivity index (χ0n) is 11.6. The molecule has 0 saturated heterocycles. The van der Waals surface area contributed by atoms with Crippen molar-refractivity contribution in [2.45, 2.75) is 64.3 Å². The molecule has 2 atom stereocenters. The summed E-state index contributed by atoms with van der Waals surface area (Å²) in [5, 5.41) is 13.4. The van der Waals surface area contributed by atoms with Crippen molar-refractivity contribution in [1.82, 2.24) is 4.98 Å². The van der Waals surface area contributed by atoms with Gasteiger partial charge in [0, 0.05) is 10.9 Å². The highest BCUT2D eigenvalue weighted by Crippen LogP contribution is 2.38. The highest BCUT2D eigenvalue weighted by atomic mass is 32.1. The van der Waals surface area contributed by atoms with E-state index in [0.29, 0.717) is 12.5 Å². The van der Waals surface area contributed by atoms with Gasteiger partial charge in [0.1, 0.15) is 5.92 Å². The summed E-state index contributed by atoms with van der Waals surface area (Å²) >= 11 is 1.63. The molecule has 2 N–H and O–H groups in total. The maximum atomic E-state index is 11.1. The smallest absolute Gasteiger partial charge is 0.312 e. The molecule has 2 rings (SSSR count). The van der Waals surface area contributed by atoms with E-state index in [1.165, 1.54) is 19.3 Å². The molecule has 0 bridgehead atoms. The van der Waals surface area contributed by atoms with E-state index in [9.17, 15) is 4.79 Å². The van der Waals surface area contributed by atoms with Gasteiger partial charge < -0.3 is 10.4 Å². The molecule has 5 heteroatoms. The molecule has 1 aromatic rings. The Balaban J connectivity index is 1.93. The first-order valence-corrected chi connectivity index (χ1v) is 7.92. The quantitative estimate of drug-likeness (QED) is 0.750. The van der Waals surface area contributed by atoms with Gasteiger partial charge in [-0.1, -0.05) is 26.2 Å². The standard InChI is InChI=1S/C14H22N2O2S/c1-3-4-5-6-9(2)15-14-16-12-10(13(17)18)7-8-11(12)19-14/h9-10H,3-8H2,1-2H3,(H,15,16)(H,17,18). The van der Waals surface area contributed by atoms with E-state index in [1.807, 2.05) is 0 Å². The number of aryl methyl sites for hydroxylation is 1. The fourth-order valence-corrected chi connectivity index (χ4v) is 3.66. The molecule has 1 aliphatic carbocycles. The molecule has 0 spiro atoms. The number of rotatable bonds is 7. The molecule has 0 aromatic carbocycles. The molecule has 1 heterocycles. The van der Waals surface area contributed by atoms with Crippen molar-refractivity contribution < 1.29 is 9.90 Å². The minimum Gasteiger partial charge on any atom is -0.481 e. The normalized spacial score (nSPS) is 19.2. The monoisotopic (exact) mass is 282 g/mol. The highest BCUT2D eigenvalue weighted by Gasteiger charge is 2.32. The molecular formula is C14H22N2O2S. The Morgan fingerprint density at radius 2 is 2.37 bits per heavy atom. The zero-order valence-corrected chi connectivity index (χ0v) is 12.4. The first-order chi connectivity index (χ1) is 9.11.